The van der Waals surface area contributed by atoms with Crippen LogP contribution in [0, 0.1) is 0 Å². The fraction of sp³-hybridized carbons (Fsp3) is 0.158. The molecule has 0 saturated carbocycles. The number of nitrogens with zero attached hydrogens (tertiary/aromatic N) is 6. The molecule has 4 aliphatic rings. The molecule has 6 nitrogen and oxygen atoms in total. The minimum atomic E-state index is -0.00725. The molecular formula is C57H48N6. The first-order valence-corrected chi connectivity index (χ1v) is 22.4. The van der Waals surface area contributed by atoms with Gasteiger partial charge in [-0.25, -0.2) is 9.97 Å². The standard InChI is InChI=1S/C57H48N6/c1-57(2)51-19-11-9-17-47(51)48-31-29-46(36-52(48)57)62(43-23-21-40(22-24-43)39-13-5-3-6-14-39)44-27-25-41(26-28-44)60-33-34-61(56-55(60)37-58-38-59-56)45-30-32-54-50(35-45)49-18-10-12-20-53(49)63(54)42-15-7-4-8-16-42/h3-10,12-18,20-21,23,25-32,35-38H,11,19,22,24,33-34H2,1-2H3. The van der Waals surface area contributed by atoms with Crippen LogP contribution in [-0.2, 0) is 5.41 Å². The van der Waals surface area contributed by atoms with Crippen molar-refractivity contribution < 1.29 is 0 Å². The van der Waals surface area contributed by atoms with E-state index in [1.165, 1.54) is 61.0 Å². The molecule has 0 bridgehead atoms. The highest BCUT2D eigenvalue weighted by Crippen LogP contribution is 2.52. The first kappa shape index (κ1) is 37.3. The first-order valence-electron chi connectivity index (χ1n) is 22.4. The summed E-state index contributed by atoms with van der Waals surface area (Å²) in [4.78, 5) is 16.7. The lowest BCUT2D eigenvalue weighted by Gasteiger charge is -2.38. The van der Waals surface area contributed by atoms with Gasteiger partial charge in [-0.1, -0.05) is 110 Å². The van der Waals surface area contributed by atoms with E-state index in [2.05, 4.69) is 208 Å². The van der Waals surface area contributed by atoms with Crippen molar-refractivity contribution in [2.24, 2.45) is 0 Å². The van der Waals surface area contributed by atoms with Gasteiger partial charge in [-0.3, -0.25) is 0 Å². The summed E-state index contributed by atoms with van der Waals surface area (Å²) in [6.07, 6.45) is 17.2. The third kappa shape index (κ3) is 6.15. The van der Waals surface area contributed by atoms with Gasteiger partial charge < -0.3 is 19.3 Å². The molecular weight excluding hydrogens is 769 g/mol. The first-order chi connectivity index (χ1) is 31.0. The summed E-state index contributed by atoms with van der Waals surface area (Å²) < 4.78 is 2.36. The molecule has 63 heavy (non-hydrogen) atoms. The summed E-state index contributed by atoms with van der Waals surface area (Å²) >= 11 is 0. The van der Waals surface area contributed by atoms with E-state index in [0.29, 0.717) is 0 Å². The van der Waals surface area contributed by atoms with Gasteiger partial charge in [0.15, 0.2) is 5.82 Å². The van der Waals surface area contributed by atoms with E-state index >= 15 is 0 Å². The lowest BCUT2D eigenvalue weighted by Crippen LogP contribution is -2.37. The third-order valence-corrected chi connectivity index (χ3v) is 13.9. The third-order valence-electron chi connectivity index (χ3n) is 13.9. The summed E-state index contributed by atoms with van der Waals surface area (Å²) in [7, 11) is 0. The maximum Gasteiger partial charge on any atom is 0.160 e. The van der Waals surface area contributed by atoms with E-state index in [1.807, 2.05) is 6.20 Å². The Morgan fingerprint density at radius 2 is 1.37 bits per heavy atom. The maximum absolute atomic E-state index is 4.93. The Morgan fingerprint density at radius 3 is 2.19 bits per heavy atom. The highest BCUT2D eigenvalue weighted by Gasteiger charge is 2.38. The fourth-order valence-electron chi connectivity index (χ4n) is 10.8. The quantitative estimate of drug-likeness (QED) is 0.160. The van der Waals surface area contributed by atoms with Gasteiger partial charge in [-0.15, -0.1) is 0 Å². The molecule has 0 amide bonds. The van der Waals surface area contributed by atoms with Crippen LogP contribution in [0.1, 0.15) is 56.2 Å². The summed E-state index contributed by atoms with van der Waals surface area (Å²) in [6, 6.07) is 53.3. The van der Waals surface area contributed by atoms with E-state index < -0.39 is 0 Å². The summed E-state index contributed by atoms with van der Waals surface area (Å²) in [6.45, 7) is 6.39. The molecule has 1 aliphatic heterocycles. The molecule has 3 heterocycles. The Labute approximate surface area is 369 Å². The molecule has 306 valence electrons. The zero-order valence-corrected chi connectivity index (χ0v) is 35.7. The van der Waals surface area contributed by atoms with Crippen molar-refractivity contribution in [1.82, 2.24) is 14.5 Å². The summed E-state index contributed by atoms with van der Waals surface area (Å²) in [5.41, 5.74) is 18.9. The van der Waals surface area contributed by atoms with Crippen LogP contribution in [0.25, 0.3) is 38.6 Å². The predicted octanol–water partition coefficient (Wildman–Crippen LogP) is 14.2. The summed E-state index contributed by atoms with van der Waals surface area (Å²) in [5.74, 6) is 0.911. The van der Waals surface area contributed by atoms with Gasteiger partial charge in [0.2, 0.25) is 0 Å². The molecule has 0 saturated heterocycles. The normalized spacial score (nSPS) is 16.5. The van der Waals surface area contributed by atoms with Crippen LogP contribution >= 0.6 is 0 Å². The van der Waals surface area contributed by atoms with Crippen molar-refractivity contribution in [3.8, 4) is 5.69 Å². The number of benzene rings is 6. The smallest absolute Gasteiger partial charge is 0.160 e. The van der Waals surface area contributed by atoms with E-state index in [9.17, 15) is 0 Å². The van der Waals surface area contributed by atoms with Gasteiger partial charge in [0.05, 0.1) is 17.2 Å². The number of para-hydroxylation sites is 2. The molecule has 3 aliphatic carbocycles. The molecule has 0 spiro atoms. The number of aromatic nitrogens is 3. The number of hydrogen-bond acceptors (Lipinski definition) is 5. The Balaban J connectivity index is 0.893. The number of hydrogen-bond donors (Lipinski definition) is 0. The van der Waals surface area contributed by atoms with Crippen molar-refractivity contribution in [2.45, 2.75) is 44.9 Å². The second-order valence-electron chi connectivity index (χ2n) is 17.7. The highest BCUT2D eigenvalue weighted by atomic mass is 15.3. The average molecular weight is 817 g/mol. The largest absolute Gasteiger partial charge is 0.335 e. The Kier molecular flexibility index (Phi) is 8.82. The lowest BCUT2D eigenvalue weighted by molar-refractivity contribution is 0.607. The molecule has 0 fully saturated rings. The molecule has 6 aromatic carbocycles. The van der Waals surface area contributed by atoms with Crippen molar-refractivity contribution in [1.29, 1.82) is 0 Å². The van der Waals surface area contributed by atoms with Crippen molar-refractivity contribution in [3.05, 3.63) is 210 Å². The molecule has 0 N–H and O–H groups in total. The predicted molar refractivity (Wildman–Crippen MR) is 262 cm³/mol. The van der Waals surface area contributed by atoms with Gasteiger partial charge in [0.25, 0.3) is 0 Å². The number of rotatable bonds is 7. The number of fused-ring (bicyclic) bond motifs is 6. The van der Waals surface area contributed by atoms with Crippen LogP contribution in [-0.4, -0.2) is 27.6 Å². The Bertz CT molecular complexity index is 3210. The van der Waals surface area contributed by atoms with Crippen LogP contribution in [0.5, 0.6) is 0 Å². The molecule has 0 unspecified atom stereocenters. The molecule has 12 rings (SSSR count). The van der Waals surface area contributed by atoms with Crippen LogP contribution in [0.15, 0.2) is 194 Å². The fourth-order valence-corrected chi connectivity index (χ4v) is 10.8. The van der Waals surface area contributed by atoms with E-state index in [0.717, 1.165) is 73.0 Å². The minimum Gasteiger partial charge on any atom is -0.335 e. The van der Waals surface area contributed by atoms with Gasteiger partial charge in [-0.2, -0.15) is 0 Å². The van der Waals surface area contributed by atoms with Crippen molar-refractivity contribution in [3.63, 3.8) is 0 Å². The van der Waals surface area contributed by atoms with Crippen LogP contribution < -0.4 is 14.7 Å². The van der Waals surface area contributed by atoms with E-state index in [4.69, 9.17) is 4.98 Å². The van der Waals surface area contributed by atoms with Crippen molar-refractivity contribution >= 4 is 67.2 Å². The Hall–Kier alpha value is -7.44. The van der Waals surface area contributed by atoms with Crippen LogP contribution in [0.3, 0.4) is 0 Å². The Morgan fingerprint density at radius 1 is 0.619 bits per heavy atom. The molecule has 6 heteroatoms. The van der Waals surface area contributed by atoms with Gasteiger partial charge in [0, 0.05) is 63.4 Å². The highest BCUT2D eigenvalue weighted by molar-refractivity contribution is 6.10. The maximum atomic E-state index is 4.93. The lowest BCUT2D eigenvalue weighted by atomic mass is 9.78. The summed E-state index contributed by atoms with van der Waals surface area (Å²) in [5, 5.41) is 2.46. The van der Waals surface area contributed by atoms with Crippen LogP contribution in [0.4, 0.5) is 34.3 Å². The minimum absolute atomic E-state index is 0.00725. The monoisotopic (exact) mass is 816 g/mol. The molecule has 0 radical (unpaired) electrons. The van der Waals surface area contributed by atoms with Gasteiger partial charge >= 0.3 is 0 Å². The van der Waals surface area contributed by atoms with Crippen molar-refractivity contribution in [2.75, 3.05) is 27.8 Å². The zero-order chi connectivity index (χ0) is 42.1. The van der Waals surface area contributed by atoms with E-state index in [-0.39, 0.29) is 5.41 Å². The van der Waals surface area contributed by atoms with Gasteiger partial charge in [0.1, 0.15) is 12.0 Å². The van der Waals surface area contributed by atoms with E-state index in [1.54, 1.807) is 11.9 Å². The zero-order valence-electron chi connectivity index (χ0n) is 35.7. The van der Waals surface area contributed by atoms with Gasteiger partial charge in [-0.05, 0) is 132 Å². The second-order valence-corrected chi connectivity index (χ2v) is 17.7. The molecule has 8 aromatic rings. The SMILES string of the molecule is CC1(C)C2=C(C=CCC2)c2ccc(N(C3=CC=C(c4ccccc4)CC3)c3ccc(N4CCN(c5ccc6c(c5)c5ccccc5n6-c5ccccc5)c5ncncc54)cc3)cc21. The number of anilines is 6. The second kappa shape index (κ2) is 14.9. The number of allylic oxidation sites excluding steroid dienone is 8. The average Bonchev–Trinajstić information content (AvgIpc) is 3.80. The molecule has 2 aromatic heterocycles. The topological polar surface area (TPSA) is 40.4 Å². The molecule has 0 atom stereocenters. The van der Waals surface area contributed by atoms with Crippen LogP contribution in [0.2, 0.25) is 0 Å².